The second-order valence-electron chi connectivity index (χ2n) is 7.12. The smallest absolute Gasteiger partial charge is 0.260 e. The molecular formula is C19H25FN2O3. The summed E-state index contributed by atoms with van der Waals surface area (Å²) in [6, 6.07) is 5.81. The Balaban J connectivity index is 1.70. The normalized spacial score (nSPS) is 26.1. The standard InChI is InChI=1S/C19H25FN2O3/c1-14(23)22-11-4-8-17-19(22,2)9-5-10-21(17)18(24)13-25-16-7-3-6-15(20)12-16/h3,6-7,12,17H,4-5,8-11,13H2,1-2H3/t17-,19-/m0/s1. The lowest BCUT2D eigenvalue weighted by atomic mass is 9.76. The fraction of sp³-hybridized carbons (Fsp3) is 0.579. The summed E-state index contributed by atoms with van der Waals surface area (Å²) in [5, 5.41) is 0. The minimum Gasteiger partial charge on any atom is -0.484 e. The average Bonchev–Trinajstić information content (AvgIpc) is 2.58. The Morgan fingerprint density at radius 1 is 1.32 bits per heavy atom. The number of carbonyl (C=O) groups excluding carboxylic acids is 2. The molecule has 0 aliphatic carbocycles. The molecule has 25 heavy (non-hydrogen) atoms. The first-order chi connectivity index (χ1) is 11.9. The van der Waals surface area contributed by atoms with E-state index in [-0.39, 0.29) is 35.8 Å². The molecular weight excluding hydrogens is 323 g/mol. The highest BCUT2D eigenvalue weighted by Gasteiger charge is 2.49. The molecule has 0 spiro atoms. The summed E-state index contributed by atoms with van der Waals surface area (Å²) in [6.07, 6.45) is 3.56. The number of likely N-dealkylation sites (tertiary alicyclic amines) is 2. The Bertz CT molecular complexity index is 666. The fourth-order valence-corrected chi connectivity index (χ4v) is 4.35. The van der Waals surface area contributed by atoms with Crippen LogP contribution in [0.1, 0.15) is 39.5 Å². The molecule has 1 aromatic rings. The molecule has 2 aliphatic rings. The number of piperidine rings is 2. The van der Waals surface area contributed by atoms with Gasteiger partial charge in [0, 0.05) is 26.1 Å². The molecule has 0 bridgehead atoms. The van der Waals surface area contributed by atoms with Crippen LogP contribution in [0.2, 0.25) is 0 Å². The zero-order chi connectivity index (χ0) is 18.0. The molecule has 136 valence electrons. The van der Waals surface area contributed by atoms with Gasteiger partial charge in [-0.25, -0.2) is 4.39 Å². The molecule has 0 radical (unpaired) electrons. The fourth-order valence-electron chi connectivity index (χ4n) is 4.35. The van der Waals surface area contributed by atoms with Gasteiger partial charge in [0.25, 0.3) is 5.91 Å². The zero-order valence-electron chi connectivity index (χ0n) is 14.8. The van der Waals surface area contributed by atoms with Gasteiger partial charge in [-0.15, -0.1) is 0 Å². The van der Waals surface area contributed by atoms with Crippen molar-refractivity contribution in [3.05, 3.63) is 30.1 Å². The molecule has 0 unspecified atom stereocenters. The maximum Gasteiger partial charge on any atom is 0.260 e. The van der Waals surface area contributed by atoms with Gasteiger partial charge in [0.05, 0.1) is 11.6 Å². The van der Waals surface area contributed by atoms with E-state index < -0.39 is 0 Å². The number of ether oxygens (including phenoxy) is 1. The maximum absolute atomic E-state index is 13.2. The molecule has 5 nitrogen and oxygen atoms in total. The molecule has 3 rings (SSSR count). The summed E-state index contributed by atoms with van der Waals surface area (Å²) in [5.41, 5.74) is -0.309. The number of halogens is 1. The highest BCUT2D eigenvalue weighted by atomic mass is 19.1. The zero-order valence-corrected chi connectivity index (χ0v) is 14.8. The number of hydrogen-bond acceptors (Lipinski definition) is 3. The highest BCUT2D eigenvalue weighted by molar-refractivity contribution is 5.79. The van der Waals surface area contributed by atoms with E-state index in [2.05, 4.69) is 6.92 Å². The van der Waals surface area contributed by atoms with Crippen molar-refractivity contribution in [3.63, 3.8) is 0 Å². The van der Waals surface area contributed by atoms with E-state index in [0.29, 0.717) is 12.3 Å². The molecule has 2 atom stereocenters. The van der Waals surface area contributed by atoms with Crippen LogP contribution in [0.15, 0.2) is 24.3 Å². The summed E-state index contributed by atoms with van der Waals surface area (Å²) in [7, 11) is 0. The van der Waals surface area contributed by atoms with Crippen LogP contribution in [0.4, 0.5) is 4.39 Å². The van der Waals surface area contributed by atoms with E-state index >= 15 is 0 Å². The third kappa shape index (κ3) is 3.48. The number of hydrogen-bond donors (Lipinski definition) is 0. The number of rotatable bonds is 3. The molecule has 2 fully saturated rings. The van der Waals surface area contributed by atoms with Crippen LogP contribution in [0.3, 0.4) is 0 Å². The van der Waals surface area contributed by atoms with E-state index in [0.717, 1.165) is 32.2 Å². The summed E-state index contributed by atoms with van der Waals surface area (Å²) in [5.74, 6) is -0.0786. The van der Waals surface area contributed by atoms with Gasteiger partial charge < -0.3 is 14.5 Å². The predicted molar refractivity (Wildman–Crippen MR) is 91.7 cm³/mol. The molecule has 2 amide bonds. The van der Waals surface area contributed by atoms with Gasteiger partial charge in [-0.2, -0.15) is 0 Å². The molecule has 1 aromatic carbocycles. The van der Waals surface area contributed by atoms with Gasteiger partial charge in [0.1, 0.15) is 11.6 Å². The van der Waals surface area contributed by atoms with Crippen LogP contribution in [-0.2, 0) is 9.59 Å². The molecule has 0 saturated carbocycles. The van der Waals surface area contributed by atoms with Crippen molar-refractivity contribution in [2.24, 2.45) is 0 Å². The largest absolute Gasteiger partial charge is 0.484 e. The number of fused-ring (bicyclic) bond motifs is 1. The Hall–Kier alpha value is -2.11. The Morgan fingerprint density at radius 2 is 2.12 bits per heavy atom. The Labute approximate surface area is 147 Å². The number of amides is 2. The quantitative estimate of drug-likeness (QED) is 0.844. The van der Waals surface area contributed by atoms with Gasteiger partial charge in [0.15, 0.2) is 6.61 Å². The van der Waals surface area contributed by atoms with Gasteiger partial charge >= 0.3 is 0 Å². The van der Waals surface area contributed by atoms with Gasteiger partial charge in [0.2, 0.25) is 5.91 Å². The highest BCUT2D eigenvalue weighted by Crippen LogP contribution is 2.39. The molecule has 2 heterocycles. The number of nitrogens with zero attached hydrogens (tertiary/aromatic N) is 2. The van der Waals surface area contributed by atoms with Crippen molar-refractivity contribution >= 4 is 11.8 Å². The van der Waals surface area contributed by atoms with Crippen molar-refractivity contribution in [1.29, 1.82) is 0 Å². The van der Waals surface area contributed by atoms with Crippen LogP contribution in [0.5, 0.6) is 5.75 Å². The Morgan fingerprint density at radius 3 is 2.84 bits per heavy atom. The van der Waals surface area contributed by atoms with Crippen LogP contribution >= 0.6 is 0 Å². The van der Waals surface area contributed by atoms with Crippen LogP contribution in [0.25, 0.3) is 0 Å². The van der Waals surface area contributed by atoms with Crippen molar-refractivity contribution in [1.82, 2.24) is 9.80 Å². The van der Waals surface area contributed by atoms with E-state index in [1.165, 1.54) is 12.1 Å². The lowest BCUT2D eigenvalue weighted by molar-refractivity contribution is -0.155. The summed E-state index contributed by atoms with van der Waals surface area (Å²) >= 11 is 0. The monoisotopic (exact) mass is 348 g/mol. The first-order valence-corrected chi connectivity index (χ1v) is 8.88. The second kappa shape index (κ2) is 7.02. The van der Waals surface area contributed by atoms with Crippen molar-refractivity contribution < 1.29 is 18.7 Å². The van der Waals surface area contributed by atoms with Crippen LogP contribution in [-0.4, -0.2) is 52.9 Å². The van der Waals surface area contributed by atoms with E-state index in [1.54, 1.807) is 19.1 Å². The lowest BCUT2D eigenvalue weighted by Crippen LogP contribution is -2.68. The Kier molecular flexibility index (Phi) is 4.97. The minimum absolute atomic E-state index is 0.0162. The van der Waals surface area contributed by atoms with E-state index in [9.17, 15) is 14.0 Å². The first-order valence-electron chi connectivity index (χ1n) is 8.88. The van der Waals surface area contributed by atoms with Crippen LogP contribution in [0, 0.1) is 5.82 Å². The molecule has 0 aromatic heterocycles. The molecule has 2 saturated heterocycles. The third-order valence-electron chi connectivity index (χ3n) is 5.51. The summed E-state index contributed by atoms with van der Waals surface area (Å²) in [4.78, 5) is 28.6. The molecule has 2 aliphatic heterocycles. The van der Waals surface area contributed by atoms with Crippen molar-refractivity contribution in [2.75, 3.05) is 19.7 Å². The van der Waals surface area contributed by atoms with Crippen LogP contribution < -0.4 is 4.74 Å². The number of benzene rings is 1. The molecule has 0 N–H and O–H groups in total. The maximum atomic E-state index is 13.2. The van der Waals surface area contributed by atoms with E-state index in [1.807, 2.05) is 9.80 Å². The minimum atomic E-state index is -0.389. The topological polar surface area (TPSA) is 49.9 Å². The average molecular weight is 348 g/mol. The van der Waals surface area contributed by atoms with Gasteiger partial charge in [-0.05, 0) is 44.7 Å². The lowest BCUT2D eigenvalue weighted by Gasteiger charge is -2.56. The van der Waals surface area contributed by atoms with Crippen molar-refractivity contribution in [2.45, 2.75) is 51.1 Å². The van der Waals surface area contributed by atoms with Gasteiger partial charge in [-0.3, -0.25) is 9.59 Å². The third-order valence-corrected chi connectivity index (χ3v) is 5.51. The summed E-state index contributed by atoms with van der Waals surface area (Å²) < 4.78 is 18.7. The summed E-state index contributed by atoms with van der Waals surface area (Å²) in [6.45, 7) is 5.00. The SMILES string of the molecule is CC(=O)N1CCC[C@@H]2N(C(=O)COc3cccc(F)c3)CCC[C@@]21C. The van der Waals surface area contributed by atoms with Gasteiger partial charge in [-0.1, -0.05) is 6.07 Å². The van der Waals surface area contributed by atoms with Crippen molar-refractivity contribution in [3.8, 4) is 5.75 Å². The number of carbonyl (C=O) groups is 2. The first kappa shape index (κ1) is 17.7. The van der Waals surface area contributed by atoms with E-state index in [4.69, 9.17) is 4.74 Å². The predicted octanol–water partition coefficient (Wildman–Crippen LogP) is 2.60. The molecule has 6 heteroatoms. The second-order valence-corrected chi connectivity index (χ2v) is 7.12.